The van der Waals surface area contributed by atoms with Crippen molar-refractivity contribution in [3.05, 3.63) is 0 Å². The predicted molar refractivity (Wildman–Crippen MR) is 36.5 cm³/mol. The Bertz CT molecular complexity index is 112. The van der Waals surface area contributed by atoms with Gasteiger partial charge in [-0.25, -0.2) is 8.78 Å². The first-order valence-electron chi connectivity index (χ1n) is 3.55. The van der Waals surface area contributed by atoms with E-state index in [1.165, 1.54) is 0 Å². The van der Waals surface area contributed by atoms with Gasteiger partial charge in [0.25, 0.3) is 0 Å². The van der Waals surface area contributed by atoms with Crippen molar-refractivity contribution in [1.29, 1.82) is 0 Å². The summed E-state index contributed by atoms with van der Waals surface area (Å²) in [4.78, 5) is 1.73. The molecule has 1 fully saturated rings. The Hall–Kier alpha value is -0.180. The van der Waals surface area contributed by atoms with Crippen LogP contribution in [0.15, 0.2) is 0 Å². The molecular weight excluding hydrogens is 136 g/mol. The van der Waals surface area contributed by atoms with E-state index in [2.05, 4.69) is 0 Å². The van der Waals surface area contributed by atoms with Crippen LogP contribution in [0.2, 0.25) is 0 Å². The molecule has 60 valence electrons. The van der Waals surface area contributed by atoms with Gasteiger partial charge in [0, 0.05) is 6.04 Å². The minimum atomic E-state index is -1.24. The summed E-state index contributed by atoms with van der Waals surface area (Å²) in [5.41, 5.74) is 0. The normalized spacial score (nSPS) is 39.3. The molecule has 0 radical (unpaired) electrons. The molecular formula is C7H13F2N. The number of rotatable bonds is 2. The fourth-order valence-corrected chi connectivity index (χ4v) is 1.02. The molecule has 0 heterocycles. The lowest BCUT2D eigenvalue weighted by molar-refractivity contribution is 0.227. The number of hydrogen-bond acceptors (Lipinski definition) is 1. The van der Waals surface area contributed by atoms with E-state index in [4.69, 9.17) is 0 Å². The Morgan fingerprint density at radius 1 is 1.20 bits per heavy atom. The Balaban J connectivity index is 2.38. The van der Waals surface area contributed by atoms with Gasteiger partial charge in [-0.2, -0.15) is 0 Å². The Morgan fingerprint density at radius 3 is 1.70 bits per heavy atom. The molecule has 1 nitrogen and oxygen atoms in total. The van der Waals surface area contributed by atoms with Crippen molar-refractivity contribution < 1.29 is 8.78 Å². The second-order valence-electron chi connectivity index (χ2n) is 3.14. The lowest BCUT2D eigenvalue weighted by atomic mass is 10.3. The molecule has 3 heteroatoms. The summed E-state index contributed by atoms with van der Waals surface area (Å²) in [7, 11) is 1.75. The summed E-state index contributed by atoms with van der Waals surface area (Å²) in [5, 5.41) is 0. The van der Waals surface area contributed by atoms with E-state index in [0.29, 0.717) is 0 Å². The molecule has 1 unspecified atom stereocenters. The standard InChI is InChI=1S/C7H13F2N/c1-4(2)10(3)7-5(8)6(7)9/h4-7H,1-3H3/t5-,6+,7?. The molecule has 1 aliphatic carbocycles. The van der Waals surface area contributed by atoms with Crippen molar-refractivity contribution in [2.24, 2.45) is 0 Å². The monoisotopic (exact) mass is 149 g/mol. The molecule has 10 heavy (non-hydrogen) atoms. The quantitative estimate of drug-likeness (QED) is 0.573. The fourth-order valence-electron chi connectivity index (χ4n) is 1.02. The van der Waals surface area contributed by atoms with Crippen LogP contribution in [-0.2, 0) is 0 Å². The molecule has 0 aromatic heterocycles. The zero-order valence-corrected chi connectivity index (χ0v) is 6.51. The summed E-state index contributed by atoms with van der Waals surface area (Å²) in [6, 6.07) is -0.246. The molecule has 0 amide bonds. The molecule has 0 aliphatic heterocycles. The highest BCUT2D eigenvalue weighted by Crippen LogP contribution is 2.35. The summed E-state index contributed by atoms with van der Waals surface area (Å²) in [5.74, 6) is 0. The van der Waals surface area contributed by atoms with Crippen LogP contribution in [0.1, 0.15) is 13.8 Å². The zero-order valence-electron chi connectivity index (χ0n) is 6.51. The molecule has 1 saturated carbocycles. The molecule has 0 saturated heterocycles. The average molecular weight is 149 g/mol. The van der Waals surface area contributed by atoms with Crippen molar-refractivity contribution in [3.8, 4) is 0 Å². The zero-order chi connectivity index (χ0) is 7.89. The highest BCUT2D eigenvalue weighted by molar-refractivity contribution is 5.06. The van der Waals surface area contributed by atoms with Crippen molar-refractivity contribution in [1.82, 2.24) is 4.90 Å². The summed E-state index contributed by atoms with van der Waals surface area (Å²) in [6.45, 7) is 3.86. The minimum Gasteiger partial charge on any atom is -0.295 e. The van der Waals surface area contributed by atoms with Gasteiger partial charge in [0.05, 0.1) is 6.04 Å². The van der Waals surface area contributed by atoms with Crippen LogP contribution in [0.25, 0.3) is 0 Å². The van der Waals surface area contributed by atoms with Crippen LogP contribution >= 0.6 is 0 Å². The van der Waals surface area contributed by atoms with E-state index >= 15 is 0 Å². The highest BCUT2D eigenvalue weighted by Gasteiger charge is 2.55. The molecule has 0 bridgehead atoms. The van der Waals surface area contributed by atoms with Gasteiger partial charge in [-0.3, -0.25) is 4.90 Å². The smallest absolute Gasteiger partial charge is 0.151 e. The SMILES string of the molecule is CC(C)N(C)C1[C@@H](F)[C@H]1F. The third-order valence-corrected chi connectivity index (χ3v) is 2.10. The average Bonchev–Trinajstić information content (AvgIpc) is 2.40. The number of nitrogens with zero attached hydrogens (tertiary/aromatic N) is 1. The van der Waals surface area contributed by atoms with Crippen LogP contribution in [0, 0.1) is 0 Å². The summed E-state index contributed by atoms with van der Waals surface area (Å²) >= 11 is 0. The van der Waals surface area contributed by atoms with Crippen LogP contribution in [0.4, 0.5) is 8.78 Å². The number of alkyl halides is 2. The van der Waals surface area contributed by atoms with Crippen molar-refractivity contribution >= 4 is 0 Å². The number of halogens is 2. The van der Waals surface area contributed by atoms with Gasteiger partial charge >= 0.3 is 0 Å². The lowest BCUT2D eigenvalue weighted by Gasteiger charge is -2.19. The molecule has 1 rings (SSSR count). The van der Waals surface area contributed by atoms with Gasteiger partial charge in [-0.1, -0.05) is 0 Å². The van der Waals surface area contributed by atoms with Crippen LogP contribution in [0.5, 0.6) is 0 Å². The van der Waals surface area contributed by atoms with Gasteiger partial charge in [-0.05, 0) is 20.9 Å². The van der Waals surface area contributed by atoms with E-state index in [0.717, 1.165) is 0 Å². The highest BCUT2D eigenvalue weighted by atomic mass is 19.2. The van der Waals surface area contributed by atoms with Gasteiger partial charge in [0.2, 0.25) is 0 Å². The predicted octanol–water partition coefficient (Wildman–Crippen LogP) is 1.39. The number of hydrogen-bond donors (Lipinski definition) is 0. The first-order chi connectivity index (χ1) is 4.55. The lowest BCUT2D eigenvalue weighted by Crippen LogP contribution is -2.30. The van der Waals surface area contributed by atoms with Crippen molar-refractivity contribution in [2.45, 2.75) is 38.3 Å². The summed E-state index contributed by atoms with van der Waals surface area (Å²) < 4.78 is 24.7. The molecule has 0 aromatic carbocycles. The second-order valence-corrected chi connectivity index (χ2v) is 3.14. The van der Waals surface area contributed by atoms with E-state index in [9.17, 15) is 8.78 Å². The Morgan fingerprint density at radius 2 is 1.60 bits per heavy atom. The second kappa shape index (κ2) is 2.46. The van der Waals surface area contributed by atoms with Gasteiger partial charge in [0.15, 0.2) is 12.3 Å². The van der Waals surface area contributed by atoms with Crippen molar-refractivity contribution in [2.75, 3.05) is 7.05 Å². The maximum absolute atomic E-state index is 12.4. The first kappa shape index (κ1) is 7.92. The molecule has 0 spiro atoms. The first-order valence-corrected chi connectivity index (χ1v) is 3.55. The van der Waals surface area contributed by atoms with Gasteiger partial charge in [0.1, 0.15) is 0 Å². The fraction of sp³-hybridized carbons (Fsp3) is 1.00. The van der Waals surface area contributed by atoms with E-state index < -0.39 is 18.4 Å². The van der Waals surface area contributed by atoms with Crippen molar-refractivity contribution in [3.63, 3.8) is 0 Å². The van der Waals surface area contributed by atoms with Gasteiger partial charge < -0.3 is 0 Å². The van der Waals surface area contributed by atoms with E-state index in [1.807, 2.05) is 13.8 Å². The minimum absolute atomic E-state index is 0.226. The molecule has 3 atom stereocenters. The third kappa shape index (κ3) is 1.15. The molecule has 0 aromatic rings. The van der Waals surface area contributed by atoms with Crippen LogP contribution in [-0.4, -0.2) is 36.4 Å². The molecule has 1 aliphatic rings. The van der Waals surface area contributed by atoms with Gasteiger partial charge in [-0.15, -0.1) is 0 Å². The van der Waals surface area contributed by atoms with Crippen LogP contribution < -0.4 is 0 Å². The Labute approximate surface area is 60.0 Å². The largest absolute Gasteiger partial charge is 0.295 e. The molecule has 0 N–H and O–H groups in total. The van der Waals surface area contributed by atoms with E-state index in [1.54, 1.807) is 11.9 Å². The van der Waals surface area contributed by atoms with Crippen LogP contribution in [0.3, 0.4) is 0 Å². The Kier molecular flexibility index (Phi) is 1.95. The maximum atomic E-state index is 12.4. The third-order valence-electron chi connectivity index (χ3n) is 2.10. The summed E-state index contributed by atoms with van der Waals surface area (Å²) in [6.07, 6.45) is -2.49. The van der Waals surface area contributed by atoms with E-state index in [-0.39, 0.29) is 6.04 Å². The maximum Gasteiger partial charge on any atom is 0.151 e. The topological polar surface area (TPSA) is 3.24 Å².